The van der Waals surface area contributed by atoms with Crippen LogP contribution in [0.25, 0.3) is 10.9 Å². The van der Waals surface area contributed by atoms with Crippen LogP contribution < -0.4 is 0 Å². The van der Waals surface area contributed by atoms with E-state index >= 15 is 0 Å². The topological polar surface area (TPSA) is 57.8 Å². The number of benzene rings is 2. The predicted octanol–water partition coefficient (Wildman–Crippen LogP) is 5.58. The van der Waals surface area contributed by atoms with Gasteiger partial charge in [-0.1, -0.05) is 37.5 Å². The molecule has 1 saturated carbocycles. The van der Waals surface area contributed by atoms with E-state index in [1.807, 2.05) is 25.1 Å². The number of nitrogens with zero attached hydrogens (tertiary/aromatic N) is 3. The fourth-order valence-electron chi connectivity index (χ4n) is 4.75. The van der Waals surface area contributed by atoms with Gasteiger partial charge in [0.1, 0.15) is 18.1 Å². The lowest BCUT2D eigenvalue weighted by Crippen LogP contribution is -2.31. The van der Waals surface area contributed by atoms with Gasteiger partial charge in [-0.05, 0) is 44.0 Å². The monoisotopic (exact) mass is 437 g/mol. The van der Waals surface area contributed by atoms with Crippen molar-refractivity contribution in [1.82, 2.24) is 8.98 Å². The Kier molecular flexibility index (Phi) is 5.22. The van der Waals surface area contributed by atoms with Crippen LogP contribution >= 0.6 is 11.9 Å². The van der Waals surface area contributed by atoms with Crippen molar-refractivity contribution < 1.29 is 14.3 Å². The number of hydrogen-bond donors (Lipinski definition) is 1. The van der Waals surface area contributed by atoms with Gasteiger partial charge in [0, 0.05) is 44.6 Å². The summed E-state index contributed by atoms with van der Waals surface area (Å²) in [6.45, 7) is 1.72. The van der Waals surface area contributed by atoms with Gasteiger partial charge in [0.05, 0.1) is 6.04 Å². The molecule has 2 aromatic carbocycles. The molecule has 5 nitrogen and oxygen atoms in total. The van der Waals surface area contributed by atoms with Crippen LogP contribution in [0.15, 0.2) is 52.5 Å². The number of fused-ring (bicyclic) bond motifs is 2. The van der Waals surface area contributed by atoms with E-state index in [-0.39, 0.29) is 12.4 Å². The molecule has 2 heterocycles. The first-order valence-corrected chi connectivity index (χ1v) is 11.5. The Balaban J connectivity index is 1.73. The van der Waals surface area contributed by atoms with Crippen LogP contribution in [0.4, 0.5) is 4.39 Å². The van der Waals surface area contributed by atoms with Crippen molar-refractivity contribution in [2.24, 2.45) is 5.10 Å². The summed E-state index contributed by atoms with van der Waals surface area (Å²) in [6.07, 6.45) is 5.90. The average Bonchev–Trinajstić information content (AvgIpc) is 3.03. The highest BCUT2D eigenvalue weighted by atomic mass is 32.2. The number of rotatable bonds is 4. The van der Waals surface area contributed by atoms with Crippen LogP contribution in [0.3, 0.4) is 0 Å². The SMILES string of the molecule is Cc1c(C2=NN(C3CCCCC3)Sc3ccccc32)c2cc(F)ccc2n1CC(=O)O. The first-order chi connectivity index (χ1) is 15.0. The minimum atomic E-state index is -0.929. The van der Waals surface area contributed by atoms with Crippen molar-refractivity contribution in [2.45, 2.75) is 56.5 Å². The van der Waals surface area contributed by atoms with Gasteiger partial charge in [-0.25, -0.2) is 8.80 Å². The van der Waals surface area contributed by atoms with Gasteiger partial charge in [-0.2, -0.15) is 5.10 Å². The Hall–Kier alpha value is -2.80. The van der Waals surface area contributed by atoms with Gasteiger partial charge in [-0.15, -0.1) is 0 Å². The fourth-order valence-corrected chi connectivity index (χ4v) is 5.84. The van der Waals surface area contributed by atoms with Crippen LogP contribution in [0.2, 0.25) is 0 Å². The summed E-state index contributed by atoms with van der Waals surface area (Å²) in [5.41, 5.74) is 4.09. The highest BCUT2D eigenvalue weighted by molar-refractivity contribution is 7.97. The number of hydrazone groups is 1. The van der Waals surface area contributed by atoms with E-state index in [0.29, 0.717) is 16.9 Å². The minimum Gasteiger partial charge on any atom is -0.480 e. The number of carboxylic acid groups (broad SMARTS) is 1. The molecule has 1 aliphatic carbocycles. The van der Waals surface area contributed by atoms with Gasteiger partial charge in [-0.3, -0.25) is 4.79 Å². The highest BCUT2D eigenvalue weighted by Crippen LogP contribution is 2.40. The average molecular weight is 438 g/mol. The standard InChI is InChI=1S/C24H24FN3O2S/c1-15-23(19-13-16(25)11-12-20(19)27(15)14-22(29)30)24-18-9-5-6-10-21(18)31-28(26-24)17-7-3-2-4-8-17/h5-6,9-13,17H,2-4,7-8,14H2,1H3,(H,29,30). The lowest BCUT2D eigenvalue weighted by atomic mass is 9.96. The molecule has 5 rings (SSSR count). The number of aliphatic carboxylic acids is 1. The number of halogens is 1. The maximum absolute atomic E-state index is 14.3. The predicted molar refractivity (Wildman–Crippen MR) is 121 cm³/mol. The third-order valence-electron chi connectivity index (χ3n) is 6.24. The molecular formula is C24H24FN3O2S. The molecule has 0 radical (unpaired) electrons. The molecule has 3 aromatic rings. The van der Waals surface area contributed by atoms with E-state index in [0.717, 1.165) is 40.3 Å². The molecule has 7 heteroatoms. The van der Waals surface area contributed by atoms with Crippen molar-refractivity contribution in [1.29, 1.82) is 0 Å². The zero-order valence-electron chi connectivity index (χ0n) is 17.3. The first kappa shape index (κ1) is 20.1. The van der Waals surface area contributed by atoms with E-state index in [1.54, 1.807) is 22.6 Å². The molecule has 0 unspecified atom stereocenters. The van der Waals surface area contributed by atoms with Crippen LogP contribution in [0.1, 0.15) is 48.9 Å². The molecule has 1 N–H and O–H groups in total. The lowest BCUT2D eigenvalue weighted by molar-refractivity contribution is -0.137. The van der Waals surface area contributed by atoms with Crippen LogP contribution in [0.5, 0.6) is 0 Å². The van der Waals surface area contributed by atoms with Gasteiger partial charge in [0.15, 0.2) is 0 Å². The number of aromatic nitrogens is 1. The summed E-state index contributed by atoms with van der Waals surface area (Å²) in [5.74, 6) is -1.27. The summed E-state index contributed by atoms with van der Waals surface area (Å²) < 4.78 is 18.1. The van der Waals surface area contributed by atoms with E-state index in [1.165, 1.54) is 31.4 Å². The quantitative estimate of drug-likeness (QED) is 0.541. The minimum absolute atomic E-state index is 0.177. The second-order valence-corrected chi connectivity index (χ2v) is 9.23. The summed E-state index contributed by atoms with van der Waals surface area (Å²) in [4.78, 5) is 12.7. The van der Waals surface area contributed by atoms with Crippen molar-refractivity contribution in [3.05, 3.63) is 65.1 Å². The number of carboxylic acids is 1. The number of carbonyl (C=O) groups is 1. The fraction of sp³-hybridized carbons (Fsp3) is 0.333. The van der Waals surface area contributed by atoms with Gasteiger partial charge < -0.3 is 9.67 Å². The molecule has 2 aliphatic rings. The van der Waals surface area contributed by atoms with Gasteiger partial charge in [0.2, 0.25) is 0 Å². The Bertz CT molecular complexity index is 1200. The van der Waals surface area contributed by atoms with E-state index in [2.05, 4.69) is 10.5 Å². The zero-order chi connectivity index (χ0) is 21.5. The Morgan fingerprint density at radius 2 is 1.97 bits per heavy atom. The number of hydrogen-bond acceptors (Lipinski definition) is 4. The van der Waals surface area contributed by atoms with Crippen molar-refractivity contribution in [2.75, 3.05) is 0 Å². The maximum Gasteiger partial charge on any atom is 0.323 e. The normalized spacial score (nSPS) is 17.0. The summed E-state index contributed by atoms with van der Waals surface area (Å²) >= 11 is 1.66. The Labute approximate surface area is 184 Å². The van der Waals surface area contributed by atoms with Crippen molar-refractivity contribution >= 4 is 34.5 Å². The van der Waals surface area contributed by atoms with Gasteiger partial charge in [0.25, 0.3) is 0 Å². The maximum atomic E-state index is 14.3. The molecule has 0 bridgehead atoms. The summed E-state index contributed by atoms with van der Waals surface area (Å²) in [6, 6.07) is 13.0. The van der Waals surface area contributed by atoms with Gasteiger partial charge >= 0.3 is 5.97 Å². The molecule has 0 atom stereocenters. The smallest absolute Gasteiger partial charge is 0.323 e. The van der Waals surface area contributed by atoms with Crippen LogP contribution in [-0.2, 0) is 11.3 Å². The molecule has 1 fully saturated rings. The largest absolute Gasteiger partial charge is 0.480 e. The molecule has 1 aromatic heterocycles. The van der Waals surface area contributed by atoms with Crippen molar-refractivity contribution in [3.63, 3.8) is 0 Å². The Morgan fingerprint density at radius 3 is 2.74 bits per heavy atom. The van der Waals surface area contributed by atoms with E-state index in [9.17, 15) is 14.3 Å². The van der Waals surface area contributed by atoms with Crippen LogP contribution in [-0.4, -0.2) is 31.8 Å². The molecule has 160 valence electrons. The highest BCUT2D eigenvalue weighted by Gasteiger charge is 2.30. The molecule has 31 heavy (non-hydrogen) atoms. The van der Waals surface area contributed by atoms with Crippen LogP contribution in [0, 0.1) is 12.7 Å². The third kappa shape index (κ3) is 3.61. The third-order valence-corrected chi connectivity index (χ3v) is 7.35. The Morgan fingerprint density at radius 1 is 1.19 bits per heavy atom. The molecule has 1 aliphatic heterocycles. The first-order valence-electron chi connectivity index (χ1n) is 10.7. The van der Waals surface area contributed by atoms with Crippen molar-refractivity contribution in [3.8, 4) is 0 Å². The van der Waals surface area contributed by atoms with E-state index in [4.69, 9.17) is 5.10 Å². The second-order valence-electron chi connectivity index (χ2n) is 8.23. The lowest BCUT2D eigenvalue weighted by Gasteiger charge is -2.34. The zero-order valence-corrected chi connectivity index (χ0v) is 18.2. The molecular weight excluding hydrogens is 413 g/mol. The second kappa shape index (κ2) is 8.04. The molecule has 0 spiro atoms. The molecule has 0 saturated heterocycles. The molecule has 0 amide bonds. The van der Waals surface area contributed by atoms with E-state index < -0.39 is 5.97 Å². The summed E-state index contributed by atoms with van der Waals surface area (Å²) in [5, 5.41) is 15.2. The summed E-state index contributed by atoms with van der Waals surface area (Å²) in [7, 11) is 0.